The Bertz CT molecular complexity index is 640. The summed E-state index contributed by atoms with van der Waals surface area (Å²) in [6.45, 7) is 0. The summed E-state index contributed by atoms with van der Waals surface area (Å²) in [5.74, 6) is 0. The van der Waals surface area contributed by atoms with Crippen molar-refractivity contribution in [2.75, 3.05) is 11.5 Å². The van der Waals surface area contributed by atoms with Gasteiger partial charge in [0, 0.05) is 0 Å². The van der Waals surface area contributed by atoms with Crippen LogP contribution in [0.3, 0.4) is 0 Å². The Hall–Kier alpha value is -1.96. The topological polar surface area (TPSA) is 52.0 Å². The zero-order valence-corrected chi connectivity index (χ0v) is 7.62. The quantitative estimate of drug-likeness (QED) is 0.520. The Labute approximate surface area is 80.8 Å². The van der Waals surface area contributed by atoms with Gasteiger partial charge in [-0.2, -0.15) is 0 Å². The summed E-state index contributed by atoms with van der Waals surface area (Å²) in [4.78, 5) is 0. The third-order valence-electron chi connectivity index (χ3n) is 2.73. The highest BCUT2D eigenvalue weighted by atomic mass is 14.7. The zero-order chi connectivity index (χ0) is 9.71. The van der Waals surface area contributed by atoms with Crippen LogP contribution in [0.25, 0.3) is 0 Å². The van der Waals surface area contributed by atoms with Crippen molar-refractivity contribution in [3.63, 3.8) is 0 Å². The molecule has 3 rings (SSSR count). The predicted molar refractivity (Wildman–Crippen MR) is 57.1 cm³/mol. The fourth-order valence-electron chi connectivity index (χ4n) is 1.97. The van der Waals surface area contributed by atoms with E-state index in [0.29, 0.717) is 11.4 Å². The van der Waals surface area contributed by atoms with Crippen LogP contribution in [0.15, 0.2) is 36.4 Å². The second-order valence-corrected chi connectivity index (χ2v) is 3.57. The van der Waals surface area contributed by atoms with Crippen molar-refractivity contribution >= 4 is 11.4 Å². The molecule has 2 heteroatoms. The smallest absolute Gasteiger partial charge is 0.0554 e. The summed E-state index contributed by atoms with van der Waals surface area (Å²) in [6.07, 6.45) is 0. The second-order valence-electron chi connectivity index (χ2n) is 3.57. The Morgan fingerprint density at radius 1 is 0.643 bits per heavy atom. The van der Waals surface area contributed by atoms with Gasteiger partial charge in [0.25, 0.3) is 0 Å². The molecule has 0 amide bonds. The van der Waals surface area contributed by atoms with Crippen LogP contribution in [0.2, 0.25) is 0 Å². The first kappa shape index (κ1) is 7.44. The third-order valence-corrected chi connectivity index (χ3v) is 2.73. The molecule has 0 aliphatic heterocycles. The lowest BCUT2D eigenvalue weighted by molar-refractivity contribution is 1.29. The molecule has 0 saturated heterocycles. The molecule has 0 fully saturated rings. The molecule has 4 N–H and O–H groups in total. The molecule has 0 atom stereocenters. The Balaban J connectivity index is 2.61. The van der Waals surface area contributed by atoms with E-state index >= 15 is 0 Å². The van der Waals surface area contributed by atoms with Crippen molar-refractivity contribution in [3.05, 3.63) is 57.3 Å². The highest BCUT2D eigenvalue weighted by molar-refractivity contribution is 5.64. The number of fused-ring (bicyclic) bond motifs is 2. The maximum absolute atomic E-state index is 5.76. The molecule has 0 spiro atoms. The SMILES string of the molecule is Nc1cc2c(cc1N)=c1ccccc1=2. The molecule has 68 valence electrons. The molecule has 0 heterocycles. The summed E-state index contributed by atoms with van der Waals surface area (Å²) in [5.41, 5.74) is 12.8. The first-order valence-corrected chi connectivity index (χ1v) is 4.56. The van der Waals surface area contributed by atoms with Crippen molar-refractivity contribution in [1.29, 1.82) is 0 Å². The third kappa shape index (κ3) is 0.752. The van der Waals surface area contributed by atoms with E-state index in [1.54, 1.807) is 0 Å². The zero-order valence-electron chi connectivity index (χ0n) is 7.62. The van der Waals surface area contributed by atoms with Gasteiger partial charge in [-0.15, -0.1) is 0 Å². The summed E-state index contributed by atoms with van der Waals surface area (Å²) in [5, 5.41) is 4.98. The van der Waals surface area contributed by atoms with Crippen LogP contribution in [0.1, 0.15) is 0 Å². The lowest BCUT2D eigenvalue weighted by atomic mass is 10.0. The molecule has 1 aliphatic rings. The van der Waals surface area contributed by atoms with Crippen LogP contribution in [0, 0.1) is 20.9 Å². The molecule has 0 radical (unpaired) electrons. The fraction of sp³-hybridized carbons (Fsp3) is 0. The van der Waals surface area contributed by atoms with Crippen molar-refractivity contribution in [2.45, 2.75) is 0 Å². The summed E-state index contributed by atoms with van der Waals surface area (Å²) in [7, 11) is 0. The fourth-order valence-corrected chi connectivity index (χ4v) is 1.97. The number of hydrogen-bond donors (Lipinski definition) is 2. The van der Waals surface area contributed by atoms with Gasteiger partial charge < -0.3 is 11.5 Å². The van der Waals surface area contributed by atoms with Gasteiger partial charge in [0.15, 0.2) is 0 Å². The molecule has 0 unspecified atom stereocenters. The normalized spacial score (nSPS) is 11.4. The molecule has 0 aromatic heterocycles. The molecule has 2 aromatic rings. The van der Waals surface area contributed by atoms with E-state index in [1.807, 2.05) is 24.3 Å². The Morgan fingerprint density at radius 2 is 1.07 bits per heavy atom. The molecular formula is C12H10N2. The van der Waals surface area contributed by atoms with Gasteiger partial charge in [0.05, 0.1) is 11.4 Å². The standard InChI is InChI=1S/C12H10N2/c13-11-5-9-7-3-1-2-4-8(7)10(9)6-12(11)14/h1-6H,13-14H2. The van der Waals surface area contributed by atoms with Gasteiger partial charge >= 0.3 is 0 Å². The number of hydrogen-bond acceptors (Lipinski definition) is 2. The lowest BCUT2D eigenvalue weighted by Gasteiger charge is -2.07. The number of benzene rings is 2. The largest absolute Gasteiger partial charge is 0.397 e. The predicted octanol–water partition coefficient (Wildman–Crippen LogP) is 1.74. The average Bonchev–Trinajstić information content (AvgIpc) is 2.21. The maximum Gasteiger partial charge on any atom is 0.0554 e. The van der Waals surface area contributed by atoms with Gasteiger partial charge in [-0.25, -0.2) is 0 Å². The van der Waals surface area contributed by atoms with E-state index in [1.165, 1.54) is 20.9 Å². The molecule has 0 saturated carbocycles. The average molecular weight is 182 g/mol. The van der Waals surface area contributed by atoms with E-state index in [0.717, 1.165) is 0 Å². The second kappa shape index (κ2) is 2.29. The minimum atomic E-state index is 0.665. The van der Waals surface area contributed by atoms with Crippen molar-refractivity contribution in [3.8, 4) is 0 Å². The van der Waals surface area contributed by atoms with E-state index in [9.17, 15) is 0 Å². The molecule has 2 aromatic carbocycles. The number of nitrogens with two attached hydrogens (primary N) is 2. The van der Waals surface area contributed by atoms with Gasteiger partial charge in [0.1, 0.15) is 0 Å². The van der Waals surface area contributed by atoms with E-state index in [-0.39, 0.29) is 0 Å². The molecule has 2 nitrogen and oxygen atoms in total. The van der Waals surface area contributed by atoms with Gasteiger partial charge in [-0.05, 0) is 33.0 Å². The number of nitrogen functional groups attached to an aromatic ring is 2. The molecule has 1 aliphatic carbocycles. The van der Waals surface area contributed by atoms with Crippen LogP contribution in [-0.4, -0.2) is 0 Å². The first-order chi connectivity index (χ1) is 6.77. The maximum atomic E-state index is 5.76. The van der Waals surface area contributed by atoms with Gasteiger partial charge in [-0.3, -0.25) is 0 Å². The van der Waals surface area contributed by atoms with Gasteiger partial charge in [-0.1, -0.05) is 24.3 Å². The van der Waals surface area contributed by atoms with Crippen molar-refractivity contribution in [1.82, 2.24) is 0 Å². The van der Waals surface area contributed by atoms with Crippen LogP contribution in [-0.2, 0) is 0 Å². The highest BCUT2D eigenvalue weighted by Gasteiger charge is 2.03. The number of rotatable bonds is 0. The van der Waals surface area contributed by atoms with Crippen LogP contribution < -0.4 is 11.5 Å². The Morgan fingerprint density at radius 3 is 1.50 bits per heavy atom. The molecule has 14 heavy (non-hydrogen) atoms. The van der Waals surface area contributed by atoms with Crippen LogP contribution >= 0.6 is 0 Å². The Kier molecular flexibility index (Phi) is 1.22. The van der Waals surface area contributed by atoms with Crippen molar-refractivity contribution in [2.24, 2.45) is 0 Å². The van der Waals surface area contributed by atoms with E-state index in [2.05, 4.69) is 12.1 Å². The van der Waals surface area contributed by atoms with Crippen molar-refractivity contribution < 1.29 is 0 Å². The monoisotopic (exact) mass is 182 g/mol. The minimum Gasteiger partial charge on any atom is -0.397 e. The first-order valence-electron chi connectivity index (χ1n) is 4.56. The molecule has 0 bridgehead atoms. The summed E-state index contributed by atoms with van der Waals surface area (Å²) < 4.78 is 0. The van der Waals surface area contributed by atoms with Gasteiger partial charge in [0.2, 0.25) is 0 Å². The molecular weight excluding hydrogens is 172 g/mol. The minimum absolute atomic E-state index is 0.665. The van der Waals surface area contributed by atoms with Crippen LogP contribution in [0.4, 0.5) is 11.4 Å². The highest BCUT2D eigenvalue weighted by Crippen LogP contribution is 2.20. The lowest BCUT2D eigenvalue weighted by Crippen LogP contribution is -1.98. The van der Waals surface area contributed by atoms with E-state index in [4.69, 9.17) is 11.5 Å². The summed E-state index contributed by atoms with van der Waals surface area (Å²) >= 11 is 0. The van der Waals surface area contributed by atoms with Crippen LogP contribution in [0.5, 0.6) is 0 Å². The summed E-state index contributed by atoms with van der Waals surface area (Å²) in [6, 6.07) is 12.2. The number of anilines is 2. The van der Waals surface area contributed by atoms with E-state index < -0.39 is 0 Å².